The second-order valence-electron chi connectivity index (χ2n) is 9.63. The molecule has 0 unspecified atom stereocenters. The Morgan fingerprint density at radius 2 is 1.53 bits per heavy atom. The van der Waals surface area contributed by atoms with E-state index in [1.165, 1.54) is 54.6 Å². The first-order valence-electron chi connectivity index (χ1n) is 12.8. The molecule has 3 aromatic carbocycles. The molecule has 0 spiro atoms. The first-order chi connectivity index (χ1) is 20.5. The zero-order chi connectivity index (χ0) is 30.8. The average Bonchev–Trinajstić information content (AvgIpc) is 2.97. The normalized spacial score (nSPS) is 22.1. The fourth-order valence-corrected chi connectivity index (χ4v) is 4.51. The highest BCUT2D eigenvalue weighted by atomic mass is 16.7. The van der Waals surface area contributed by atoms with Crippen LogP contribution in [0.3, 0.4) is 0 Å². The van der Waals surface area contributed by atoms with Crippen LogP contribution >= 0.6 is 0 Å². The van der Waals surface area contributed by atoms with Gasteiger partial charge in [0.05, 0.1) is 6.61 Å². The molecular formula is C30H26O13. The third-order valence-corrected chi connectivity index (χ3v) is 6.66. The highest BCUT2D eigenvalue weighted by Crippen LogP contribution is 2.37. The predicted octanol–water partition coefficient (Wildman–Crippen LogP) is 1.73. The molecule has 4 aromatic rings. The monoisotopic (exact) mass is 594 g/mol. The Balaban J connectivity index is 1.49. The number of phenols is 4. The summed E-state index contributed by atoms with van der Waals surface area (Å²) in [6.07, 6.45) is -6.15. The van der Waals surface area contributed by atoms with Gasteiger partial charge in [-0.2, -0.15) is 0 Å². The minimum atomic E-state index is -1.90. The summed E-state index contributed by atoms with van der Waals surface area (Å²) in [5, 5.41) is 70.6. The molecule has 7 N–H and O–H groups in total. The number of esters is 1. The van der Waals surface area contributed by atoms with Crippen molar-refractivity contribution >= 4 is 23.0 Å². The number of rotatable bonds is 7. The highest BCUT2D eigenvalue weighted by molar-refractivity contribution is 5.88. The number of fused-ring (bicyclic) bond motifs is 1. The zero-order valence-corrected chi connectivity index (χ0v) is 22.1. The standard InChI is InChI=1S/C30H26O13/c31-13-21-24(37)28(42-22(36)10-3-14-1-6-16(32)7-2-14)26(39)30(41-21)43-29-25(38)23-19(35)11-18(34)12-20(23)40-27(29)15-4-8-17(33)9-5-15/h1-12,21,24,26,28,30-35,37,39H,13H2/b10-3+/t21-,24-,26-,28+,30+/m1/s1. The Kier molecular flexibility index (Phi) is 8.23. The predicted molar refractivity (Wildman–Crippen MR) is 148 cm³/mol. The lowest BCUT2D eigenvalue weighted by Crippen LogP contribution is -2.61. The third-order valence-electron chi connectivity index (χ3n) is 6.66. The topological polar surface area (TPSA) is 217 Å². The Bertz CT molecular complexity index is 1710. The van der Waals surface area contributed by atoms with E-state index in [1.54, 1.807) is 0 Å². The number of hydrogen-bond acceptors (Lipinski definition) is 13. The maximum absolute atomic E-state index is 13.6. The van der Waals surface area contributed by atoms with Gasteiger partial charge in [-0.25, -0.2) is 4.79 Å². The van der Waals surface area contributed by atoms with Crippen molar-refractivity contribution in [3.8, 4) is 40.1 Å². The summed E-state index contributed by atoms with van der Waals surface area (Å²) in [5.41, 5.74) is -0.395. The number of phenolic OH excluding ortho intramolecular Hbond substituents is 4. The number of aliphatic hydroxyl groups excluding tert-OH is 3. The molecule has 0 saturated carbocycles. The van der Waals surface area contributed by atoms with Crippen LogP contribution in [0.25, 0.3) is 28.4 Å². The van der Waals surface area contributed by atoms with Gasteiger partial charge in [-0.15, -0.1) is 0 Å². The number of carbonyl (C=O) groups excluding carboxylic acids is 1. The zero-order valence-electron chi connectivity index (χ0n) is 22.1. The number of carbonyl (C=O) groups is 1. The van der Waals surface area contributed by atoms with Gasteiger partial charge in [0.1, 0.15) is 46.2 Å². The van der Waals surface area contributed by atoms with Crippen LogP contribution < -0.4 is 10.2 Å². The molecule has 224 valence electrons. The molecule has 0 radical (unpaired) electrons. The second kappa shape index (κ2) is 12.0. The Hall–Kier alpha value is -5.08. The number of ether oxygens (including phenoxy) is 3. The molecule has 1 aliphatic rings. The van der Waals surface area contributed by atoms with Gasteiger partial charge in [0, 0.05) is 23.8 Å². The van der Waals surface area contributed by atoms with Gasteiger partial charge < -0.3 is 54.4 Å². The molecule has 5 atom stereocenters. The van der Waals surface area contributed by atoms with E-state index in [4.69, 9.17) is 18.6 Å². The van der Waals surface area contributed by atoms with Gasteiger partial charge in [-0.3, -0.25) is 4.79 Å². The van der Waals surface area contributed by atoms with E-state index in [0.717, 1.165) is 18.2 Å². The second-order valence-corrected chi connectivity index (χ2v) is 9.63. The smallest absolute Gasteiger partial charge is 0.331 e. The van der Waals surface area contributed by atoms with Gasteiger partial charge >= 0.3 is 5.97 Å². The van der Waals surface area contributed by atoms with Gasteiger partial charge in [-0.05, 0) is 48.0 Å². The van der Waals surface area contributed by atoms with Crippen molar-refractivity contribution in [2.24, 2.45) is 0 Å². The molecular weight excluding hydrogens is 568 g/mol. The fourth-order valence-electron chi connectivity index (χ4n) is 4.51. The first-order valence-corrected chi connectivity index (χ1v) is 12.8. The summed E-state index contributed by atoms with van der Waals surface area (Å²) in [5.74, 6) is -2.89. The minimum Gasteiger partial charge on any atom is -0.508 e. The maximum Gasteiger partial charge on any atom is 0.331 e. The van der Waals surface area contributed by atoms with Crippen molar-refractivity contribution in [1.29, 1.82) is 0 Å². The van der Waals surface area contributed by atoms with Gasteiger partial charge in [0.15, 0.2) is 18.0 Å². The van der Waals surface area contributed by atoms with Crippen LogP contribution in [0.2, 0.25) is 0 Å². The van der Waals surface area contributed by atoms with Crippen molar-refractivity contribution in [2.45, 2.75) is 30.7 Å². The van der Waals surface area contributed by atoms with Gasteiger partial charge in [-0.1, -0.05) is 12.1 Å². The first kappa shape index (κ1) is 29.4. The summed E-state index contributed by atoms with van der Waals surface area (Å²) in [4.78, 5) is 26.2. The van der Waals surface area contributed by atoms with Crippen LogP contribution in [0.15, 0.2) is 76.0 Å². The van der Waals surface area contributed by atoms with E-state index < -0.39 is 66.0 Å². The number of hydrogen-bond donors (Lipinski definition) is 7. The van der Waals surface area contributed by atoms with Crippen LogP contribution in [-0.2, 0) is 14.3 Å². The molecule has 0 amide bonds. The van der Waals surface area contributed by atoms with Crippen LogP contribution in [0.1, 0.15) is 5.56 Å². The van der Waals surface area contributed by atoms with Crippen molar-refractivity contribution in [3.63, 3.8) is 0 Å². The highest BCUT2D eigenvalue weighted by Gasteiger charge is 2.48. The molecule has 43 heavy (non-hydrogen) atoms. The van der Waals surface area contributed by atoms with E-state index in [0.29, 0.717) is 5.56 Å². The molecule has 0 aliphatic carbocycles. The molecule has 0 bridgehead atoms. The average molecular weight is 595 g/mol. The lowest BCUT2D eigenvalue weighted by atomic mass is 9.99. The van der Waals surface area contributed by atoms with Crippen LogP contribution in [0.4, 0.5) is 0 Å². The van der Waals surface area contributed by atoms with Gasteiger partial charge in [0.2, 0.25) is 17.5 Å². The molecule has 5 rings (SSSR count). The van der Waals surface area contributed by atoms with Crippen molar-refractivity contribution in [3.05, 3.63) is 82.5 Å². The summed E-state index contributed by atoms with van der Waals surface area (Å²) < 4.78 is 22.4. The lowest BCUT2D eigenvalue weighted by molar-refractivity contribution is -0.280. The third kappa shape index (κ3) is 6.10. The summed E-state index contributed by atoms with van der Waals surface area (Å²) in [6.45, 7) is -0.789. The molecule has 13 heteroatoms. The molecule has 1 saturated heterocycles. The Morgan fingerprint density at radius 1 is 0.884 bits per heavy atom. The quantitative estimate of drug-likeness (QED) is 0.120. The van der Waals surface area contributed by atoms with E-state index in [2.05, 4.69) is 0 Å². The molecule has 2 heterocycles. The number of aliphatic hydroxyl groups is 3. The number of aromatic hydroxyl groups is 4. The van der Waals surface area contributed by atoms with Crippen LogP contribution in [-0.4, -0.2) is 79.0 Å². The summed E-state index contributed by atoms with van der Waals surface area (Å²) in [7, 11) is 0. The summed E-state index contributed by atoms with van der Waals surface area (Å²) in [6, 6.07) is 13.3. The van der Waals surface area contributed by atoms with Crippen molar-refractivity contribution in [2.75, 3.05) is 6.61 Å². The summed E-state index contributed by atoms with van der Waals surface area (Å²) >= 11 is 0. The SMILES string of the molecule is O=C(/C=C/c1ccc(O)cc1)O[C@@H]1[C@@H](O)[C@H](Oc2c(-c3ccc(O)cc3)oc3cc(O)cc(O)c3c2=O)O[C@H](CO)[C@H]1O. The number of benzene rings is 3. The van der Waals surface area contributed by atoms with Crippen LogP contribution in [0.5, 0.6) is 28.7 Å². The molecule has 1 fully saturated rings. The van der Waals surface area contributed by atoms with E-state index in [9.17, 15) is 45.3 Å². The molecule has 1 aliphatic heterocycles. The molecule has 1 aromatic heterocycles. The maximum atomic E-state index is 13.6. The van der Waals surface area contributed by atoms with E-state index >= 15 is 0 Å². The van der Waals surface area contributed by atoms with Crippen LogP contribution in [0, 0.1) is 0 Å². The lowest BCUT2D eigenvalue weighted by Gasteiger charge is -2.41. The van der Waals surface area contributed by atoms with Gasteiger partial charge in [0.25, 0.3) is 0 Å². The van der Waals surface area contributed by atoms with Crippen molar-refractivity contribution < 1.29 is 59.2 Å². The van der Waals surface area contributed by atoms with E-state index in [1.807, 2.05) is 0 Å². The fraction of sp³-hybridized carbons (Fsp3) is 0.200. The Labute approximate surface area is 242 Å². The Morgan fingerprint density at radius 3 is 2.19 bits per heavy atom. The minimum absolute atomic E-state index is 0.0247. The molecule has 13 nitrogen and oxygen atoms in total. The van der Waals surface area contributed by atoms with E-state index in [-0.39, 0.29) is 33.8 Å². The van der Waals surface area contributed by atoms with Crippen molar-refractivity contribution in [1.82, 2.24) is 0 Å². The largest absolute Gasteiger partial charge is 0.508 e.